The van der Waals surface area contributed by atoms with Crippen LogP contribution in [0.15, 0.2) is 30.5 Å². The topological polar surface area (TPSA) is 55.0 Å². The van der Waals surface area contributed by atoms with Crippen LogP contribution in [0.3, 0.4) is 0 Å². The van der Waals surface area contributed by atoms with E-state index >= 15 is 0 Å². The average Bonchev–Trinajstić information content (AvgIpc) is 2.48. The third kappa shape index (κ3) is 3.52. The summed E-state index contributed by atoms with van der Waals surface area (Å²) < 4.78 is 0. The summed E-state index contributed by atoms with van der Waals surface area (Å²) in [6.45, 7) is 7.22. The van der Waals surface area contributed by atoms with Crippen LogP contribution >= 0.6 is 0 Å². The van der Waals surface area contributed by atoms with Gasteiger partial charge in [0.15, 0.2) is 0 Å². The third-order valence-electron chi connectivity index (χ3n) is 3.79. The van der Waals surface area contributed by atoms with Crippen molar-refractivity contribution in [2.45, 2.75) is 32.7 Å². The molecule has 2 rings (SSSR count). The summed E-state index contributed by atoms with van der Waals surface area (Å²) in [4.78, 5) is 11.5. The van der Waals surface area contributed by atoms with Gasteiger partial charge in [-0.25, -0.2) is 0 Å². The summed E-state index contributed by atoms with van der Waals surface area (Å²) in [5.74, 6) is 0. The monoisotopic (exact) mass is 272 g/mol. The smallest absolute Gasteiger partial charge is 0.0890 e. The maximum Gasteiger partial charge on any atom is 0.0890 e. The predicted octanol–water partition coefficient (Wildman–Crippen LogP) is 2.23. The van der Waals surface area contributed by atoms with Crippen molar-refractivity contribution in [1.29, 1.82) is 0 Å². The Hall–Kier alpha value is -1.52. The number of rotatable bonds is 7. The highest BCUT2D eigenvalue weighted by Crippen LogP contribution is 2.14. The molecule has 0 aliphatic heterocycles. The first kappa shape index (κ1) is 14.9. The molecular formula is C16H24N4. The minimum Gasteiger partial charge on any atom is -0.330 e. The van der Waals surface area contributed by atoms with Crippen molar-refractivity contribution >= 4 is 11.0 Å². The Morgan fingerprint density at radius 1 is 1.15 bits per heavy atom. The van der Waals surface area contributed by atoms with E-state index in [1.807, 2.05) is 12.1 Å². The Bertz CT molecular complexity index is 537. The highest BCUT2D eigenvalue weighted by molar-refractivity contribution is 5.73. The molecule has 2 heterocycles. The first-order valence-electron chi connectivity index (χ1n) is 7.43. The molecule has 2 aromatic heterocycles. The van der Waals surface area contributed by atoms with Crippen LogP contribution in [0.5, 0.6) is 0 Å². The maximum atomic E-state index is 5.76. The lowest BCUT2D eigenvalue weighted by molar-refractivity contribution is 0.206. The second kappa shape index (κ2) is 7.31. The molecule has 0 bridgehead atoms. The van der Waals surface area contributed by atoms with Gasteiger partial charge < -0.3 is 10.6 Å². The van der Waals surface area contributed by atoms with Crippen LogP contribution in [-0.4, -0.2) is 40.5 Å². The van der Waals surface area contributed by atoms with Gasteiger partial charge in [0.2, 0.25) is 0 Å². The fourth-order valence-corrected chi connectivity index (χ4v) is 2.70. The first-order valence-corrected chi connectivity index (χ1v) is 7.43. The van der Waals surface area contributed by atoms with Gasteiger partial charge in [-0.15, -0.1) is 0 Å². The molecule has 1 unspecified atom stereocenters. The van der Waals surface area contributed by atoms with Gasteiger partial charge >= 0.3 is 0 Å². The van der Waals surface area contributed by atoms with Crippen LogP contribution in [0.1, 0.15) is 26.0 Å². The van der Waals surface area contributed by atoms with E-state index in [-0.39, 0.29) is 0 Å². The Kier molecular flexibility index (Phi) is 5.44. The summed E-state index contributed by atoms with van der Waals surface area (Å²) >= 11 is 0. The second-order valence-corrected chi connectivity index (χ2v) is 5.00. The number of aromatic nitrogens is 2. The molecule has 0 radical (unpaired) electrons. The van der Waals surface area contributed by atoms with Crippen LogP contribution < -0.4 is 5.73 Å². The maximum absolute atomic E-state index is 5.76. The molecule has 1 atom stereocenters. The van der Waals surface area contributed by atoms with Gasteiger partial charge in [0.05, 0.1) is 11.0 Å². The largest absolute Gasteiger partial charge is 0.330 e. The molecule has 0 aliphatic rings. The normalized spacial score (nSPS) is 13.0. The van der Waals surface area contributed by atoms with Gasteiger partial charge in [-0.05, 0) is 50.3 Å². The number of hydrogen-bond acceptors (Lipinski definition) is 4. The molecule has 0 aromatic carbocycles. The summed E-state index contributed by atoms with van der Waals surface area (Å²) in [6, 6.07) is 8.56. The highest BCUT2D eigenvalue weighted by atomic mass is 15.1. The Morgan fingerprint density at radius 2 is 1.95 bits per heavy atom. The van der Waals surface area contributed by atoms with Gasteiger partial charge in [-0.1, -0.05) is 13.8 Å². The van der Waals surface area contributed by atoms with E-state index in [1.165, 1.54) is 0 Å². The summed E-state index contributed by atoms with van der Waals surface area (Å²) in [7, 11) is 0. The predicted molar refractivity (Wildman–Crippen MR) is 83.6 cm³/mol. The number of pyridine rings is 2. The van der Waals surface area contributed by atoms with E-state index in [9.17, 15) is 0 Å². The molecule has 108 valence electrons. The molecule has 0 saturated heterocycles. The van der Waals surface area contributed by atoms with Crippen molar-refractivity contribution in [2.24, 2.45) is 5.73 Å². The average molecular weight is 272 g/mol. The van der Waals surface area contributed by atoms with E-state index in [0.717, 1.165) is 49.2 Å². The van der Waals surface area contributed by atoms with Crippen LogP contribution in [-0.2, 0) is 6.42 Å². The first-order chi connectivity index (χ1) is 9.78. The Morgan fingerprint density at radius 3 is 2.65 bits per heavy atom. The molecule has 20 heavy (non-hydrogen) atoms. The zero-order valence-electron chi connectivity index (χ0n) is 12.4. The Labute approximate surface area is 121 Å². The lowest BCUT2D eigenvalue weighted by Crippen LogP contribution is -2.38. The Balaban J connectivity index is 2.19. The van der Waals surface area contributed by atoms with Gasteiger partial charge in [0, 0.05) is 24.4 Å². The van der Waals surface area contributed by atoms with Crippen LogP contribution in [0, 0.1) is 0 Å². The lowest BCUT2D eigenvalue weighted by Gasteiger charge is -2.29. The van der Waals surface area contributed by atoms with Crippen molar-refractivity contribution in [3.05, 3.63) is 36.2 Å². The third-order valence-corrected chi connectivity index (χ3v) is 3.79. The summed E-state index contributed by atoms with van der Waals surface area (Å²) in [6.07, 6.45) is 3.76. The van der Waals surface area contributed by atoms with E-state index in [4.69, 9.17) is 10.7 Å². The van der Waals surface area contributed by atoms with E-state index in [0.29, 0.717) is 6.04 Å². The number of hydrogen-bond donors (Lipinski definition) is 1. The van der Waals surface area contributed by atoms with Crippen LogP contribution in [0.25, 0.3) is 11.0 Å². The molecular weight excluding hydrogens is 248 g/mol. The van der Waals surface area contributed by atoms with Gasteiger partial charge in [-0.2, -0.15) is 0 Å². The molecule has 4 heteroatoms. The van der Waals surface area contributed by atoms with Crippen molar-refractivity contribution in [1.82, 2.24) is 14.9 Å². The molecule has 0 spiro atoms. The summed E-state index contributed by atoms with van der Waals surface area (Å²) in [5.41, 5.74) is 8.81. The summed E-state index contributed by atoms with van der Waals surface area (Å²) in [5, 5.41) is 0. The molecule has 0 saturated carbocycles. The van der Waals surface area contributed by atoms with Crippen LogP contribution in [0.2, 0.25) is 0 Å². The van der Waals surface area contributed by atoms with Gasteiger partial charge in [0.1, 0.15) is 0 Å². The van der Waals surface area contributed by atoms with Gasteiger partial charge in [0.25, 0.3) is 0 Å². The number of nitrogens with two attached hydrogens (primary N) is 1. The fourth-order valence-electron chi connectivity index (χ4n) is 2.70. The lowest BCUT2D eigenvalue weighted by atomic mass is 10.0. The van der Waals surface area contributed by atoms with Crippen molar-refractivity contribution in [3.8, 4) is 0 Å². The highest BCUT2D eigenvalue weighted by Gasteiger charge is 2.16. The second-order valence-electron chi connectivity index (χ2n) is 5.00. The number of nitrogens with zero attached hydrogens (tertiary/aromatic N) is 3. The quantitative estimate of drug-likeness (QED) is 0.840. The zero-order valence-corrected chi connectivity index (χ0v) is 12.4. The molecule has 2 N–H and O–H groups in total. The fraction of sp³-hybridized carbons (Fsp3) is 0.500. The van der Waals surface area contributed by atoms with E-state index in [1.54, 1.807) is 6.20 Å². The van der Waals surface area contributed by atoms with E-state index in [2.05, 4.69) is 35.9 Å². The molecule has 0 amide bonds. The van der Waals surface area contributed by atoms with E-state index < -0.39 is 0 Å². The van der Waals surface area contributed by atoms with Gasteiger partial charge in [-0.3, -0.25) is 9.97 Å². The van der Waals surface area contributed by atoms with Crippen molar-refractivity contribution < 1.29 is 0 Å². The number of fused-ring (bicyclic) bond motifs is 1. The standard InChI is InChI=1S/C16H24N4/c1-3-20(4-2)14(9-10-17)12-13-7-8-15-16(19-13)6-5-11-18-15/h5-8,11,14H,3-4,9-10,12,17H2,1-2H3. The van der Waals surface area contributed by atoms with Crippen molar-refractivity contribution in [2.75, 3.05) is 19.6 Å². The van der Waals surface area contributed by atoms with Crippen molar-refractivity contribution in [3.63, 3.8) is 0 Å². The molecule has 4 nitrogen and oxygen atoms in total. The van der Waals surface area contributed by atoms with Crippen LogP contribution in [0.4, 0.5) is 0 Å². The minimum absolute atomic E-state index is 0.469. The minimum atomic E-state index is 0.469. The molecule has 0 aliphatic carbocycles. The SMILES string of the molecule is CCN(CC)C(CCN)Cc1ccc2ncccc2n1. The number of likely N-dealkylation sites (N-methyl/N-ethyl adjacent to an activating group) is 1. The molecule has 0 fully saturated rings. The molecule has 2 aromatic rings. The zero-order chi connectivity index (χ0) is 14.4.